The molecule has 0 bridgehead atoms. The molecule has 2 atom stereocenters. The van der Waals surface area contributed by atoms with Crippen molar-refractivity contribution in [2.45, 2.75) is 45.2 Å². The average molecular weight is 232 g/mol. The molecule has 1 aliphatic rings. The number of nitrogens with one attached hydrogen (secondary N) is 2. The fourth-order valence-corrected chi connectivity index (χ4v) is 2.42. The van der Waals surface area contributed by atoms with E-state index in [2.05, 4.69) is 55.7 Å². The van der Waals surface area contributed by atoms with E-state index in [-0.39, 0.29) is 0 Å². The van der Waals surface area contributed by atoms with Gasteiger partial charge in [0.2, 0.25) is 0 Å². The summed E-state index contributed by atoms with van der Waals surface area (Å²) in [6.45, 7) is 8.91. The van der Waals surface area contributed by atoms with Crippen LogP contribution in [0, 0.1) is 0 Å². The second kappa shape index (κ2) is 5.65. The Morgan fingerprint density at radius 1 is 1.12 bits per heavy atom. The Kier molecular flexibility index (Phi) is 4.19. The number of benzene rings is 1. The first-order chi connectivity index (χ1) is 8.16. The molecule has 2 nitrogen and oxygen atoms in total. The van der Waals surface area contributed by atoms with Crippen LogP contribution >= 0.6 is 0 Å². The van der Waals surface area contributed by atoms with Crippen LogP contribution in [0.15, 0.2) is 24.3 Å². The van der Waals surface area contributed by atoms with Gasteiger partial charge in [0.15, 0.2) is 0 Å². The maximum Gasteiger partial charge on any atom is 0.0259 e. The van der Waals surface area contributed by atoms with Crippen LogP contribution in [0.3, 0.4) is 0 Å². The zero-order chi connectivity index (χ0) is 12.3. The highest BCUT2D eigenvalue weighted by Crippen LogP contribution is 2.16. The van der Waals surface area contributed by atoms with Crippen LogP contribution in [-0.2, 0) is 6.42 Å². The molecule has 1 heterocycles. The third kappa shape index (κ3) is 3.30. The molecule has 17 heavy (non-hydrogen) atoms. The number of rotatable bonds is 3. The monoisotopic (exact) mass is 232 g/mol. The molecule has 2 N–H and O–H groups in total. The lowest BCUT2D eigenvalue weighted by molar-refractivity contribution is 0.337. The van der Waals surface area contributed by atoms with E-state index in [1.165, 1.54) is 11.1 Å². The summed E-state index contributed by atoms with van der Waals surface area (Å²) in [5.74, 6) is 0.623. The van der Waals surface area contributed by atoms with Crippen molar-refractivity contribution in [1.82, 2.24) is 10.6 Å². The molecule has 2 rings (SSSR count). The van der Waals surface area contributed by atoms with E-state index in [1.54, 1.807) is 0 Å². The maximum absolute atomic E-state index is 3.59. The Morgan fingerprint density at radius 3 is 2.35 bits per heavy atom. The summed E-state index contributed by atoms with van der Waals surface area (Å²) in [6.07, 6.45) is 1.12. The van der Waals surface area contributed by atoms with Gasteiger partial charge < -0.3 is 10.6 Å². The summed E-state index contributed by atoms with van der Waals surface area (Å²) >= 11 is 0. The highest BCUT2D eigenvalue weighted by atomic mass is 15.1. The van der Waals surface area contributed by atoms with Crippen LogP contribution in [0.25, 0.3) is 0 Å². The van der Waals surface area contributed by atoms with E-state index >= 15 is 0 Å². The quantitative estimate of drug-likeness (QED) is 0.835. The minimum absolute atomic E-state index is 0.563. The van der Waals surface area contributed by atoms with Crippen LogP contribution in [0.2, 0.25) is 0 Å². The topological polar surface area (TPSA) is 24.1 Å². The summed E-state index contributed by atoms with van der Waals surface area (Å²) in [6, 6.07) is 10.2. The summed E-state index contributed by atoms with van der Waals surface area (Å²) < 4.78 is 0. The largest absolute Gasteiger partial charge is 0.311 e. The molecule has 0 saturated carbocycles. The minimum Gasteiger partial charge on any atom is -0.311 e. The first-order valence-electron chi connectivity index (χ1n) is 6.72. The Bertz CT molecular complexity index is 342. The predicted molar refractivity (Wildman–Crippen MR) is 73.5 cm³/mol. The van der Waals surface area contributed by atoms with Gasteiger partial charge in [0, 0.05) is 25.2 Å². The smallest absolute Gasteiger partial charge is 0.0259 e. The lowest BCUT2D eigenvalue weighted by Crippen LogP contribution is -2.55. The summed E-state index contributed by atoms with van der Waals surface area (Å²) in [4.78, 5) is 0. The average Bonchev–Trinajstić information content (AvgIpc) is 2.33. The van der Waals surface area contributed by atoms with Crippen molar-refractivity contribution in [2.24, 2.45) is 0 Å². The van der Waals surface area contributed by atoms with Crippen molar-refractivity contribution < 1.29 is 0 Å². The van der Waals surface area contributed by atoms with Gasteiger partial charge in [-0.15, -0.1) is 0 Å². The molecule has 94 valence electrons. The fourth-order valence-electron chi connectivity index (χ4n) is 2.42. The Labute approximate surface area is 105 Å². The zero-order valence-corrected chi connectivity index (χ0v) is 11.2. The second-order valence-electron chi connectivity index (χ2n) is 5.40. The molecule has 1 aliphatic heterocycles. The summed E-state index contributed by atoms with van der Waals surface area (Å²) in [5.41, 5.74) is 2.86. The molecular formula is C15H24N2. The van der Waals surface area contributed by atoms with Gasteiger partial charge in [-0.1, -0.05) is 38.1 Å². The molecule has 1 aromatic carbocycles. The minimum atomic E-state index is 0.563. The van der Waals surface area contributed by atoms with Crippen molar-refractivity contribution >= 4 is 0 Å². The Balaban J connectivity index is 1.98. The van der Waals surface area contributed by atoms with E-state index in [4.69, 9.17) is 0 Å². The SMILES string of the molecule is CC(C)c1ccc(CC2NCCNC2C)cc1. The van der Waals surface area contributed by atoms with Crippen LogP contribution in [0.5, 0.6) is 0 Å². The van der Waals surface area contributed by atoms with Crippen LogP contribution in [0.4, 0.5) is 0 Å². The van der Waals surface area contributed by atoms with Crippen molar-refractivity contribution in [2.75, 3.05) is 13.1 Å². The molecule has 0 aliphatic carbocycles. The normalized spacial score (nSPS) is 25.2. The van der Waals surface area contributed by atoms with Gasteiger partial charge in [0.05, 0.1) is 0 Å². The van der Waals surface area contributed by atoms with Crippen LogP contribution in [0.1, 0.15) is 37.8 Å². The Hall–Kier alpha value is -0.860. The summed E-state index contributed by atoms with van der Waals surface area (Å²) in [7, 11) is 0. The van der Waals surface area contributed by atoms with Crippen molar-refractivity contribution in [3.05, 3.63) is 35.4 Å². The third-order valence-electron chi connectivity index (χ3n) is 3.70. The molecule has 0 amide bonds. The van der Waals surface area contributed by atoms with E-state index in [9.17, 15) is 0 Å². The lowest BCUT2D eigenvalue weighted by Gasteiger charge is -2.31. The van der Waals surface area contributed by atoms with Crippen LogP contribution < -0.4 is 10.6 Å². The molecular weight excluding hydrogens is 208 g/mol. The van der Waals surface area contributed by atoms with E-state index in [1.807, 2.05) is 0 Å². The first-order valence-corrected chi connectivity index (χ1v) is 6.72. The van der Waals surface area contributed by atoms with Crippen molar-refractivity contribution in [1.29, 1.82) is 0 Å². The van der Waals surface area contributed by atoms with Gasteiger partial charge in [-0.3, -0.25) is 0 Å². The van der Waals surface area contributed by atoms with Crippen molar-refractivity contribution in [3.8, 4) is 0 Å². The highest BCUT2D eigenvalue weighted by Gasteiger charge is 2.20. The number of hydrogen-bond acceptors (Lipinski definition) is 2. The molecule has 0 aromatic heterocycles. The summed E-state index contributed by atoms with van der Waals surface area (Å²) in [5, 5.41) is 7.11. The molecule has 0 spiro atoms. The number of hydrogen-bond donors (Lipinski definition) is 2. The maximum atomic E-state index is 3.59. The van der Waals surface area contributed by atoms with Crippen molar-refractivity contribution in [3.63, 3.8) is 0 Å². The molecule has 2 heteroatoms. The second-order valence-corrected chi connectivity index (χ2v) is 5.40. The highest BCUT2D eigenvalue weighted by molar-refractivity contribution is 5.25. The van der Waals surface area contributed by atoms with Crippen LogP contribution in [-0.4, -0.2) is 25.2 Å². The van der Waals surface area contributed by atoms with E-state index in [0.29, 0.717) is 18.0 Å². The van der Waals surface area contributed by atoms with Gasteiger partial charge in [0.1, 0.15) is 0 Å². The van der Waals surface area contributed by atoms with E-state index < -0.39 is 0 Å². The fraction of sp³-hybridized carbons (Fsp3) is 0.600. The van der Waals surface area contributed by atoms with Gasteiger partial charge in [-0.25, -0.2) is 0 Å². The third-order valence-corrected chi connectivity index (χ3v) is 3.70. The number of piperazine rings is 1. The molecule has 1 saturated heterocycles. The lowest BCUT2D eigenvalue weighted by atomic mass is 9.96. The Morgan fingerprint density at radius 2 is 1.76 bits per heavy atom. The van der Waals surface area contributed by atoms with E-state index in [0.717, 1.165) is 19.5 Å². The molecule has 2 unspecified atom stereocenters. The standard InChI is InChI=1S/C15H24N2/c1-11(2)14-6-4-13(5-7-14)10-15-12(3)16-8-9-17-15/h4-7,11-12,15-17H,8-10H2,1-3H3. The van der Waals surface area contributed by atoms with Gasteiger partial charge in [-0.05, 0) is 30.4 Å². The first kappa shape index (κ1) is 12.6. The zero-order valence-electron chi connectivity index (χ0n) is 11.2. The predicted octanol–water partition coefficient (Wildman–Crippen LogP) is 2.30. The molecule has 1 aromatic rings. The van der Waals surface area contributed by atoms with Gasteiger partial charge >= 0.3 is 0 Å². The van der Waals surface area contributed by atoms with Gasteiger partial charge in [-0.2, -0.15) is 0 Å². The van der Waals surface area contributed by atoms with Gasteiger partial charge in [0.25, 0.3) is 0 Å². The molecule has 0 radical (unpaired) electrons. The molecule has 1 fully saturated rings.